The lowest BCUT2D eigenvalue weighted by molar-refractivity contribution is 0.834. The van der Waals surface area contributed by atoms with Gasteiger partial charge in [0.15, 0.2) is 0 Å². The Kier molecular flexibility index (Phi) is 4.45. The Bertz CT molecular complexity index is 899. The minimum Gasteiger partial charge on any atom is -0.319 e. The van der Waals surface area contributed by atoms with E-state index in [9.17, 15) is 0 Å². The monoisotopic (exact) mass is 320 g/mol. The number of para-hydroxylation sites is 2. The third-order valence-corrected chi connectivity index (χ3v) is 3.87. The first-order chi connectivity index (χ1) is 10.9. The molecule has 23 heavy (non-hydrogen) atoms. The van der Waals surface area contributed by atoms with E-state index in [-0.39, 0.29) is 12.4 Å². The summed E-state index contributed by atoms with van der Waals surface area (Å²) in [5, 5.41) is 0. The molecule has 0 atom stereocenters. The number of halogens is 1. The number of hydrogen-bond donors (Lipinski definition) is 0. The standard InChI is InChI=1S/C20H16N2.ClH/c1-3-9-16(10-4-1)15-22-19-14-8-7-13-18(19)21-20(22)17-11-5-2-6-12-17;/h1-14H,15H2;1H. The number of aromatic nitrogens is 2. The van der Waals surface area contributed by atoms with Gasteiger partial charge in [-0.1, -0.05) is 72.8 Å². The molecule has 0 aliphatic heterocycles. The van der Waals surface area contributed by atoms with Crippen LogP contribution in [-0.2, 0) is 6.54 Å². The van der Waals surface area contributed by atoms with Crippen molar-refractivity contribution >= 4 is 23.4 Å². The molecule has 0 aliphatic carbocycles. The molecule has 0 radical (unpaired) electrons. The van der Waals surface area contributed by atoms with Crippen LogP contribution in [0.25, 0.3) is 22.4 Å². The average molecular weight is 321 g/mol. The van der Waals surface area contributed by atoms with Crippen LogP contribution in [0, 0.1) is 0 Å². The van der Waals surface area contributed by atoms with Gasteiger partial charge in [-0.15, -0.1) is 12.4 Å². The van der Waals surface area contributed by atoms with Crippen molar-refractivity contribution in [1.29, 1.82) is 0 Å². The summed E-state index contributed by atoms with van der Waals surface area (Å²) in [6, 6.07) is 29.2. The molecule has 0 aliphatic rings. The molecule has 0 unspecified atom stereocenters. The molecule has 0 bridgehead atoms. The van der Waals surface area contributed by atoms with E-state index in [2.05, 4.69) is 71.3 Å². The fourth-order valence-electron chi connectivity index (χ4n) is 2.81. The van der Waals surface area contributed by atoms with Crippen molar-refractivity contribution in [2.24, 2.45) is 0 Å². The molecular weight excluding hydrogens is 304 g/mol. The van der Waals surface area contributed by atoms with Gasteiger partial charge in [0.25, 0.3) is 0 Å². The van der Waals surface area contributed by atoms with Crippen molar-refractivity contribution < 1.29 is 0 Å². The maximum absolute atomic E-state index is 4.84. The predicted molar refractivity (Wildman–Crippen MR) is 98.0 cm³/mol. The lowest BCUT2D eigenvalue weighted by Gasteiger charge is -2.09. The molecule has 0 saturated heterocycles. The Morgan fingerprint density at radius 3 is 2.04 bits per heavy atom. The summed E-state index contributed by atoms with van der Waals surface area (Å²) in [5.41, 5.74) is 4.64. The van der Waals surface area contributed by atoms with Gasteiger partial charge in [-0.05, 0) is 17.7 Å². The molecule has 4 rings (SSSR count). The number of imidazole rings is 1. The van der Waals surface area contributed by atoms with E-state index < -0.39 is 0 Å². The molecule has 0 amide bonds. The maximum Gasteiger partial charge on any atom is 0.141 e. The Morgan fingerprint density at radius 2 is 1.30 bits per heavy atom. The lowest BCUT2D eigenvalue weighted by atomic mass is 10.2. The summed E-state index contributed by atoms with van der Waals surface area (Å²) < 4.78 is 2.29. The van der Waals surface area contributed by atoms with Gasteiger partial charge in [0.05, 0.1) is 11.0 Å². The second-order valence-corrected chi connectivity index (χ2v) is 5.36. The summed E-state index contributed by atoms with van der Waals surface area (Å²) in [4.78, 5) is 4.84. The molecule has 0 fully saturated rings. The zero-order valence-corrected chi connectivity index (χ0v) is 13.4. The van der Waals surface area contributed by atoms with Crippen LogP contribution in [0.15, 0.2) is 84.9 Å². The third kappa shape index (κ3) is 2.99. The first kappa shape index (κ1) is 15.3. The van der Waals surface area contributed by atoms with Crippen LogP contribution < -0.4 is 0 Å². The van der Waals surface area contributed by atoms with Gasteiger partial charge in [0, 0.05) is 12.1 Å². The van der Waals surface area contributed by atoms with E-state index in [0.29, 0.717) is 0 Å². The zero-order valence-electron chi connectivity index (χ0n) is 12.6. The average Bonchev–Trinajstić information content (AvgIpc) is 2.95. The molecule has 1 heterocycles. The molecule has 0 spiro atoms. The topological polar surface area (TPSA) is 17.8 Å². The normalized spacial score (nSPS) is 10.4. The van der Waals surface area contributed by atoms with Crippen LogP contribution in [0.2, 0.25) is 0 Å². The minimum absolute atomic E-state index is 0. The van der Waals surface area contributed by atoms with Crippen LogP contribution in [0.5, 0.6) is 0 Å². The van der Waals surface area contributed by atoms with Gasteiger partial charge in [-0.2, -0.15) is 0 Å². The fourth-order valence-corrected chi connectivity index (χ4v) is 2.81. The van der Waals surface area contributed by atoms with Crippen molar-refractivity contribution in [2.45, 2.75) is 6.54 Å². The largest absolute Gasteiger partial charge is 0.319 e. The van der Waals surface area contributed by atoms with E-state index in [1.165, 1.54) is 11.1 Å². The summed E-state index contributed by atoms with van der Waals surface area (Å²) >= 11 is 0. The molecular formula is C20H17ClN2. The van der Waals surface area contributed by atoms with E-state index in [1.54, 1.807) is 0 Å². The highest BCUT2D eigenvalue weighted by Crippen LogP contribution is 2.25. The lowest BCUT2D eigenvalue weighted by Crippen LogP contribution is -2.02. The Morgan fingerprint density at radius 1 is 0.696 bits per heavy atom. The molecule has 4 aromatic rings. The fraction of sp³-hybridized carbons (Fsp3) is 0.0500. The second kappa shape index (κ2) is 6.67. The summed E-state index contributed by atoms with van der Waals surface area (Å²) in [6.45, 7) is 0.825. The van der Waals surface area contributed by atoms with Crippen LogP contribution >= 0.6 is 12.4 Å². The quantitative estimate of drug-likeness (QED) is 0.509. The Hall–Kier alpha value is -2.58. The van der Waals surface area contributed by atoms with Crippen molar-refractivity contribution in [3.63, 3.8) is 0 Å². The maximum atomic E-state index is 4.84. The van der Waals surface area contributed by atoms with Gasteiger partial charge >= 0.3 is 0 Å². The summed E-state index contributed by atoms with van der Waals surface area (Å²) in [6.07, 6.45) is 0. The molecule has 114 valence electrons. The highest BCUT2D eigenvalue weighted by Gasteiger charge is 2.12. The number of hydrogen-bond acceptors (Lipinski definition) is 1. The number of nitrogens with zero attached hydrogens (tertiary/aromatic N) is 2. The second-order valence-electron chi connectivity index (χ2n) is 5.36. The SMILES string of the molecule is Cl.c1ccc(Cn2c(-c3ccccc3)nc3ccccc32)cc1. The minimum atomic E-state index is 0. The van der Waals surface area contributed by atoms with E-state index in [4.69, 9.17) is 4.98 Å². The number of rotatable bonds is 3. The Labute approximate surface area is 141 Å². The highest BCUT2D eigenvalue weighted by molar-refractivity contribution is 5.85. The van der Waals surface area contributed by atoms with E-state index in [0.717, 1.165) is 23.4 Å². The molecule has 1 aromatic heterocycles. The molecule has 3 heteroatoms. The molecule has 3 aromatic carbocycles. The Balaban J connectivity index is 0.00000156. The smallest absolute Gasteiger partial charge is 0.141 e. The molecule has 0 N–H and O–H groups in total. The molecule has 0 saturated carbocycles. The first-order valence-corrected chi connectivity index (χ1v) is 7.46. The van der Waals surface area contributed by atoms with Crippen molar-refractivity contribution in [3.05, 3.63) is 90.5 Å². The number of benzene rings is 3. The third-order valence-electron chi connectivity index (χ3n) is 3.87. The van der Waals surface area contributed by atoms with Gasteiger partial charge in [0.2, 0.25) is 0 Å². The van der Waals surface area contributed by atoms with Crippen LogP contribution in [0.4, 0.5) is 0 Å². The zero-order chi connectivity index (χ0) is 14.8. The van der Waals surface area contributed by atoms with Crippen molar-refractivity contribution in [1.82, 2.24) is 9.55 Å². The predicted octanol–water partition coefficient (Wildman–Crippen LogP) is 5.17. The van der Waals surface area contributed by atoms with E-state index >= 15 is 0 Å². The van der Waals surface area contributed by atoms with Crippen LogP contribution in [0.3, 0.4) is 0 Å². The summed E-state index contributed by atoms with van der Waals surface area (Å²) in [7, 11) is 0. The van der Waals surface area contributed by atoms with Gasteiger partial charge < -0.3 is 4.57 Å². The summed E-state index contributed by atoms with van der Waals surface area (Å²) in [5.74, 6) is 1.02. The first-order valence-electron chi connectivity index (χ1n) is 7.46. The molecule has 2 nitrogen and oxygen atoms in total. The van der Waals surface area contributed by atoms with Crippen molar-refractivity contribution in [2.75, 3.05) is 0 Å². The van der Waals surface area contributed by atoms with Crippen molar-refractivity contribution in [3.8, 4) is 11.4 Å². The van der Waals surface area contributed by atoms with Gasteiger partial charge in [0.1, 0.15) is 5.82 Å². The van der Waals surface area contributed by atoms with Gasteiger partial charge in [-0.3, -0.25) is 0 Å². The van der Waals surface area contributed by atoms with Gasteiger partial charge in [-0.25, -0.2) is 4.98 Å². The van der Waals surface area contributed by atoms with Crippen LogP contribution in [-0.4, -0.2) is 9.55 Å². The highest BCUT2D eigenvalue weighted by atomic mass is 35.5. The van der Waals surface area contributed by atoms with Crippen LogP contribution in [0.1, 0.15) is 5.56 Å². The van der Waals surface area contributed by atoms with E-state index in [1.807, 2.05) is 18.2 Å². The number of fused-ring (bicyclic) bond motifs is 1.